The molecule has 0 saturated heterocycles. The molecule has 3 aromatic rings. The first-order valence-corrected chi connectivity index (χ1v) is 10.9. The molecule has 1 aromatic heterocycles. The van der Waals surface area contributed by atoms with Crippen molar-refractivity contribution in [3.63, 3.8) is 0 Å². The SMILES string of the molecule is Cl.Oc1c(Cl)cc(Cl)c2ccc(/C=C/C3=CCN(Cc4cccc(Br)c4)CC3)nc12. The lowest BCUT2D eigenvalue weighted by atomic mass is 10.1. The largest absolute Gasteiger partial charge is 0.504 e. The molecule has 7 heteroatoms. The van der Waals surface area contributed by atoms with Crippen LogP contribution in [-0.2, 0) is 6.54 Å². The van der Waals surface area contributed by atoms with E-state index in [1.54, 1.807) is 0 Å². The van der Waals surface area contributed by atoms with Gasteiger partial charge in [-0.3, -0.25) is 4.90 Å². The van der Waals surface area contributed by atoms with Gasteiger partial charge in [-0.25, -0.2) is 4.98 Å². The Bertz CT molecular complexity index is 1130. The number of aromatic hydroxyl groups is 1. The van der Waals surface area contributed by atoms with E-state index in [4.69, 9.17) is 23.2 Å². The summed E-state index contributed by atoms with van der Waals surface area (Å²) in [5.74, 6) is -0.0404. The van der Waals surface area contributed by atoms with Crippen molar-refractivity contribution in [3.05, 3.63) is 86.0 Å². The van der Waals surface area contributed by atoms with Gasteiger partial charge in [0.15, 0.2) is 5.75 Å². The Morgan fingerprint density at radius 3 is 2.67 bits per heavy atom. The van der Waals surface area contributed by atoms with Gasteiger partial charge in [0, 0.05) is 29.5 Å². The Morgan fingerprint density at radius 1 is 1.10 bits per heavy atom. The third-order valence-corrected chi connectivity index (χ3v) is 6.06. The molecule has 0 fully saturated rings. The Labute approximate surface area is 200 Å². The summed E-state index contributed by atoms with van der Waals surface area (Å²) in [7, 11) is 0. The van der Waals surface area contributed by atoms with Gasteiger partial charge >= 0.3 is 0 Å². The molecule has 0 bridgehead atoms. The lowest BCUT2D eigenvalue weighted by Crippen LogP contribution is -2.28. The fraction of sp³-hybridized carbons (Fsp3) is 0.174. The molecule has 2 aromatic carbocycles. The molecule has 0 aliphatic carbocycles. The number of pyridine rings is 1. The number of hydrogen-bond acceptors (Lipinski definition) is 3. The third kappa shape index (κ3) is 5.37. The Kier molecular flexibility index (Phi) is 7.83. The van der Waals surface area contributed by atoms with Gasteiger partial charge in [-0.05, 0) is 54.0 Å². The normalized spacial score (nSPS) is 14.7. The van der Waals surface area contributed by atoms with Crippen molar-refractivity contribution in [2.75, 3.05) is 13.1 Å². The van der Waals surface area contributed by atoms with E-state index >= 15 is 0 Å². The average Bonchev–Trinajstić information content (AvgIpc) is 2.71. The fourth-order valence-corrected chi connectivity index (χ4v) is 4.38. The molecule has 3 nitrogen and oxygen atoms in total. The zero-order valence-corrected chi connectivity index (χ0v) is 19.9. The summed E-state index contributed by atoms with van der Waals surface area (Å²) in [6, 6.07) is 13.7. The summed E-state index contributed by atoms with van der Waals surface area (Å²) in [5.41, 5.74) is 3.76. The summed E-state index contributed by atoms with van der Waals surface area (Å²) in [6.07, 6.45) is 7.29. The first kappa shape index (κ1) is 23.1. The second-order valence-electron chi connectivity index (χ2n) is 7.05. The van der Waals surface area contributed by atoms with Gasteiger partial charge < -0.3 is 5.11 Å². The van der Waals surface area contributed by atoms with E-state index in [-0.39, 0.29) is 23.2 Å². The number of phenolic OH excluding ortho intramolecular Hbond substituents is 1. The van der Waals surface area contributed by atoms with E-state index in [2.05, 4.69) is 56.2 Å². The molecule has 0 atom stereocenters. The number of fused-ring (bicyclic) bond motifs is 1. The predicted molar refractivity (Wildman–Crippen MR) is 132 cm³/mol. The van der Waals surface area contributed by atoms with Crippen LogP contribution < -0.4 is 0 Å². The van der Waals surface area contributed by atoms with Gasteiger partial charge in [-0.1, -0.05) is 63.4 Å². The molecule has 156 valence electrons. The monoisotopic (exact) mass is 524 g/mol. The van der Waals surface area contributed by atoms with Crippen LogP contribution in [0.4, 0.5) is 0 Å². The number of aromatic nitrogens is 1. The van der Waals surface area contributed by atoms with E-state index < -0.39 is 0 Å². The number of rotatable bonds is 4. The van der Waals surface area contributed by atoms with Crippen molar-refractivity contribution < 1.29 is 5.11 Å². The van der Waals surface area contributed by atoms with E-state index in [0.717, 1.165) is 36.2 Å². The molecule has 30 heavy (non-hydrogen) atoms. The van der Waals surface area contributed by atoms with E-state index in [0.29, 0.717) is 15.9 Å². The lowest BCUT2D eigenvalue weighted by Gasteiger charge is -2.25. The molecule has 1 aliphatic heterocycles. The second kappa shape index (κ2) is 10.2. The van der Waals surface area contributed by atoms with Gasteiger partial charge in [0.1, 0.15) is 5.52 Å². The quantitative estimate of drug-likeness (QED) is 0.388. The number of allylic oxidation sites excluding steroid dienone is 1. The summed E-state index contributed by atoms with van der Waals surface area (Å²) in [4.78, 5) is 6.94. The highest BCUT2D eigenvalue weighted by Gasteiger charge is 2.12. The molecule has 1 aliphatic rings. The lowest BCUT2D eigenvalue weighted by molar-refractivity contribution is 0.287. The standard InChI is InChI=1S/C23H19BrCl2N2O.ClH/c24-17-3-1-2-16(12-17)14-28-10-8-15(9-11-28)4-5-18-6-7-19-20(25)13-21(26)23(29)22(19)27-18;/h1-8,12-13,29H,9-11,14H2;1H/b5-4+;. The smallest absolute Gasteiger partial charge is 0.160 e. The Balaban J connectivity index is 0.00000256. The molecule has 2 heterocycles. The van der Waals surface area contributed by atoms with E-state index in [1.807, 2.05) is 24.3 Å². The first-order valence-electron chi connectivity index (χ1n) is 9.31. The number of hydrogen-bond donors (Lipinski definition) is 1. The topological polar surface area (TPSA) is 36.4 Å². The average molecular weight is 527 g/mol. The molecule has 0 radical (unpaired) electrons. The van der Waals surface area contributed by atoms with Crippen LogP contribution in [0.25, 0.3) is 17.0 Å². The number of phenols is 1. The molecule has 4 rings (SSSR count). The summed E-state index contributed by atoms with van der Waals surface area (Å²) < 4.78 is 1.11. The van der Waals surface area contributed by atoms with Crippen molar-refractivity contribution in [3.8, 4) is 5.75 Å². The molecular weight excluding hydrogens is 507 g/mol. The summed E-state index contributed by atoms with van der Waals surface area (Å²) in [6.45, 7) is 2.88. The molecule has 0 amide bonds. The minimum Gasteiger partial charge on any atom is -0.504 e. The number of nitrogens with zero attached hydrogens (tertiary/aromatic N) is 2. The van der Waals surface area contributed by atoms with Crippen LogP contribution in [0.2, 0.25) is 10.0 Å². The van der Waals surface area contributed by atoms with Crippen molar-refractivity contribution in [2.24, 2.45) is 0 Å². The van der Waals surface area contributed by atoms with Gasteiger partial charge in [0.25, 0.3) is 0 Å². The third-order valence-electron chi connectivity index (χ3n) is 4.97. The van der Waals surface area contributed by atoms with Gasteiger partial charge in [0.05, 0.1) is 15.7 Å². The summed E-state index contributed by atoms with van der Waals surface area (Å²) in [5, 5.41) is 11.6. The van der Waals surface area contributed by atoms with Crippen LogP contribution in [0.15, 0.2) is 64.7 Å². The Morgan fingerprint density at radius 2 is 1.93 bits per heavy atom. The van der Waals surface area contributed by atoms with E-state index in [9.17, 15) is 5.11 Å². The van der Waals surface area contributed by atoms with Crippen LogP contribution in [0.1, 0.15) is 17.7 Å². The van der Waals surface area contributed by atoms with Crippen LogP contribution in [0.3, 0.4) is 0 Å². The minimum absolute atomic E-state index is 0. The zero-order chi connectivity index (χ0) is 20.4. The number of halogens is 4. The van der Waals surface area contributed by atoms with Crippen LogP contribution in [-0.4, -0.2) is 28.1 Å². The highest BCUT2D eigenvalue weighted by molar-refractivity contribution is 9.10. The predicted octanol–water partition coefficient (Wildman–Crippen LogP) is 7.28. The van der Waals surface area contributed by atoms with Gasteiger partial charge in [-0.15, -0.1) is 12.4 Å². The van der Waals surface area contributed by atoms with Crippen molar-refractivity contribution in [1.82, 2.24) is 9.88 Å². The Hall–Kier alpha value is -1.56. The van der Waals surface area contributed by atoms with Crippen LogP contribution >= 0.6 is 51.5 Å². The molecule has 1 N–H and O–H groups in total. The van der Waals surface area contributed by atoms with Crippen LogP contribution in [0, 0.1) is 0 Å². The maximum atomic E-state index is 10.2. The first-order chi connectivity index (χ1) is 14.0. The molecule has 0 spiro atoms. The maximum Gasteiger partial charge on any atom is 0.160 e. The maximum absolute atomic E-state index is 10.2. The fourth-order valence-electron chi connectivity index (χ4n) is 3.42. The van der Waals surface area contributed by atoms with Crippen LogP contribution in [0.5, 0.6) is 5.75 Å². The van der Waals surface area contributed by atoms with Crippen molar-refractivity contribution in [2.45, 2.75) is 13.0 Å². The molecule has 0 saturated carbocycles. The number of benzene rings is 2. The van der Waals surface area contributed by atoms with Crippen molar-refractivity contribution in [1.29, 1.82) is 0 Å². The zero-order valence-electron chi connectivity index (χ0n) is 16.0. The second-order valence-corrected chi connectivity index (χ2v) is 8.78. The highest BCUT2D eigenvalue weighted by atomic mass is 79.9. The van der Waals surface area contributed by atoms with E-state index in [1.165, 1.54) is 17.2 Å². The molecular formula is C23H20BrCl3N2O. The molecule has 0 unspecified atom stereocenters. The highest BCUT2D eigenvalue weighted by Crippen LogP contribution is 2.36. The minimum atomic E-state index is -0.0404. The van der Waals surface area contributed by atoms with Gasteiger partial charge in [-0.2, -0.15) is 0 Å². The van der Waals surface area contributed by atoms with Crippen molar-refractivity contribution >= 4 is 68.5 Å². The van der Waals surface area contributed by atoms with Gasteiger partial charge in [0.2, 0.25) is 0 Å². The summed E-state index contributed by atoms with van der Waals surface area (Å²) >= 11 is 15.7.